The first kappa shape index (κ1) is 12.4. The monoisotopic (exact) mass is 249 g/mol. The average Bonchev–Trinajstić information content (AvgIpc) is 2.37. The van der Waals surface area contributed by atoms with Gasteiger partial charge in [-0.1, -0.05) is 24.3 Å². The number of rotatable bonds is 2. The molecule has 1 N–H and O–H groups in total. The quantitative estimate of drug-likeness (QED) is 0.865. The molecule has 18 heavy (non-hydrogen) atoms. The molecule has 0 aliphatic carbocycles. The maximum absolute atomic E-state index is 11.8. The lowest BCUT2D eigenvalue weighted by Crippen LogP contribution is -2.48. The summed E-state index contributed by atoms with van der Waals surface area (Å²) in [5, 5.41) is 9.20. The third kappa shape index (κ3) is 2.30. The largest absolute Gasteiger partial charge is 0.480 e. The maximum atomic E-state index is 11.8. The van der Waals surface area contributed by atoms with Crippen molar-refractivity contribution in [2.45, 2.75) is 25.9 Å². The Hall–Kier alpha value is -2.04. The molecule has 1 atom stereocenters. The minimum Gasteiger partial charge on any atom is -0.480 e. The van der Waals surface area contributed by atoms with Crippen molar-refractivity contribution in [3.8, 4) is 0 Å². The second-order valence-corrected chi connectivity index (χ2v) is 4.15. The van der Waals surface area contributed by atoms with Gasteiger partial charge in [-0.2, -0.15) is 0 Å². The van der Waals surface area contributed by atoms with Crippen molar-refractivity contribution in [1.82, 2.24) is 4.90 Å². The van der Waals surface area contributed by atoms with Crippen LogP contribution in [0.2, 0.25) is 0 Å². The fourth-order valence-electron chi connectivity index (χ4n) is 2.14. The number of hydrogen-bond acceptors (Lipinski definition) is 3. The Kier molecular flexibility index (Phi) is 3.50. The molecule has 1 amide bonds. The number of hydrogen-bond donors (Lipinski definition) is 1. The molecule has 1 aromatic carbocycles. The van der Waals surface area contributed by atoms with E-state index in [2.05, 4.69) is 0 Å². The van der Waals surface area contributed by atoms with Crippen LogP contribution in [-0.2, 0) is 22.5 Å². The number of nitrogens with zero attached hydrogens (tertiary/aromatic N) is 1. The first-order valence-electron chi connectivity index (χ1n) is 5.86. The molecule has 0 spiro atoms. The molecular formula is C13H15NO4. The highest BCUT2D eigenvalue weighted by atomic mass is 16.6. The van der Waals surface area contributed by atoms with Crippen LogP contribution in [0.5, 0.6) is 0 Å². The van der Waals surface area contributed by atoms with E-state index in [0.717, 1.165) is 11.1 Å². The van der Waals surface area contributed by atoms with Crippen LogP contribution < -0.4 is 0 Å². The van der Waals surface area contributed by atoms with Crippen LogP contribution in [0, 0.1) is 0 Å². The molecule has 1 aromatic rings. The van der Waals surface area contributed by atoms with E-state index in [1.807, 2.05) is 24.3 Å². The fraction of sp³-hybridized carbons (Fsp3) is 0.385. The molecule has 0 fully saturated rings. The lowest BCUT2D eigenvalue weighted by Gasteiger charge is -2.33. The Bertz CT molecular complexity index is 472. The van der Waals surface area contributed by atoms with E-state index in [4.69, 9.17) is 4.74 Å². The van der Waals surface area contributed by atoms with Gasteiger partial charge in [-0.3, -0.25) is 4.90 Å². The summed E-state index contributed by atoms with van der Waals surface area (Å²) in [7, 11) is 0. The van der Waals surface area contributed by atoms with E-state index in [-0.39, 0.29) is 13.2 Å². The second-order valence-electron chi connectivity index (χ2n) is 4.15. The Labute approximate surface area is 105 Å². The van der Waals surface area contributed by atoms with Crippen LogP contribution in [0.15, 0.2) is 24.3 Å². The number of amides is 1. The van der Waals surface area contributed by atoms with Crippen molar-refractivity contribution in [2.75, 3.05) is 6.61 Å². The van der Waals surface area contributed by atoms with Gasteiger partial charge < -0.3 is 9.84 Å². The summed E-state index contributed by atoms with van der Waals surface area (Å²) >= 11 is 0. The highest BCUT2D eigenvalue weighted by Crippen LogP contribution is 2.24. The maximum Gasteiger partial charge on any atom is 0.410 e. The molecule has 0 radical (unpaired) electrons. The second kappa shape index (κ2) is 5.08. The number of benzene rings is 1. The summed E-state index contributed by atoms with van der Waals surface area (Å²) in [4.78, 5) is 24.3. The molecule has 5 heteroatoms. The van der Waals surface area contributed by atoms with Crippen molar-refractivity contribution in [3.05, 3.63) is 35.4 Å². The molecule has 96 valence electrons. The molecule has 0 aromatic heterocycles. The van der Waals surface area contributed by atoms with Gasteiger partial charge in [0, 0.05) is 6.42 Å². The topological polar surface area (TPSA) is 66.8 Å². The van der Waals surface area contributed by atoms with Gasteiger partial charge in [0.05, 0.1) is 13.2 Å². The van der Waals surface area contributed by atoms with E-state index >= 15 is 0 Å². The van der Waals surface area contributed by atoms with Gasteiger partial charge in [0.2, 0.25) is 0 Å². The van der Waals surface area contributed by atoms with Gasteiger partial charge in [-0.15, -0.1) is 0 Å². The normalized spacial score (nSPS) is 18.1. The van der Waals surface area contributed by atoms with Crippen LogP contribution in [0.4, 0.5) is 4.79 Å². The predicted octanol–water partition coefficient (Wildman–Crippen LogP) is 1.65. The van der Waals surface area contributed by atoms with Crippen LogP contribution in [0.1, 0.15) is 18.1 Å². The molecular weight excluding hydrogens is 234 g/mol. The molecule has 0 bridgehead atoms. The molecule has 2 rings (SSSR count). The van der Waals surface area contributed by atoms with E-state index in [1.54, 1.807) is 6.92 Å². The summed E-state index contributed by atoms with van der Waals surface area (Å²) in [5.41, 5.74) is 1.95. The number of carbonyl (C=O) groups excluding carboxylic acids is 1. The SMILES string of the molecule is CCOC(=O)N1Cc2ccccc2C[C@H]1C(=O)O. The molecule has 0 saturated carbocycles. The van der Waals surface area contributed by atoms with Gasteiger partial charge in [0.25, 0.3) is 0 Å². The third-order valence-electron chi connectivity index (χ3n) is 3.04. The molecule has 5 nitrogen and oxygen atoms in total. The minimum absolute atomic E-state index is 0.239. The van der Waals surface area contributed by atoms with Crippen molar-refractivity contribution in [2.24, 2.45) is 0 Å². The van der Waals surface area contributed by atoms with Gasteiger partial charge >= 0.3 is 12.1 Å². The molecule has 0 unspecified atom stereocenters. The van der Waals surface area contributed by atoms with Crippen LogP contribution >= 0.6 is 0 Å². The summed E-state index contributed by atoms with van der Waals surface area (Å²) in [6.07, 6.45) is -0.246. The van der Waals surface area contributed by atoms with Gasteiger partial charge in [-0.25, -0.2) is 9.59 Å². The van der Waals surface area contributed by atoms with Crippen LogP contribution in [-0.4, -0.2) is 34.7 Å². The van der Waals surface area contributed by atoms with Crippen molar-refractivity contribution in [1.29, 1.82) is 0 Å². The number of fused-ring (bicyclic) bond motifs is 1. The Morgan fingerprint density at radius 2 is 2.06 bits per heavy atom. The smallest absolute Gasteiger partial charge is 0.410 e. The zero-order valence-corrected chi connectivity index (χ0v) is 10.1. The Morgan fingerprint density at radius 1 is 1.39 bits per heavy atom. The number of ether oxygens (including phenoxy) is 1. The van der Waals surface area contributed by atoms with Crippen molar-refractivity contribution in [3.63, 3.8) is 0 Å². The first-order chi connectivity index (χ1) is 8.63. The summed E-state index contributed by atoms with van der Waals surface area (Å²) < 4.78 is 4.90. The van der Waals surface area contributed by atoms with Crippen molar-refractivity contribution < 1.29 is 19.4 Å². The zero-order chi connectivity index (χ0) is 13.1. The summed E-state index contributed by atoms with van der Waals surface area (Å²) in [6, 6.07) is 6.70. The van der Waals surface area contributed by atoms with E-state index in [0.29, 0.717) is 6.42 Å². The lowest BCUT2D eigenvalue weighted by atomic mass is 9.94. The Balaban J connectivity index is 2.28. The van der Waals surface area contributed by atoms with Gasteiger partial charge in [0.1, 0.15) is 6.04 Å². The molecule has 0 saturated heterocycles. The minimum atomic E-state index is -1.00. The van der Waals surface area contributed by atoms with Crippen LogP contribution in [0.3, 0.4) is 0 Å². The van der Waals surface area contributed by atoms with E-state index in [9.17, 15) is 14.7 Å². The zero-order valence-electron chi connectivity index (χ0n) is 10.1. The third-order valence-corrected chi connectivity index (χ3v) is 3.04. The predicted molar refractivity (Wildman–Crippen MR) is 64.1 cm³/mol. The number of carbonyl (C=O) groups is 2. The number of carboxylic acids is 1. The van der Waals surface area contributed by atoms with E-state index in [1.165, 1.54) is 4.90 Å². The van der Waals surface area contributed by atoms with Crippen molar-refractivity contribution >= 4 is 12.1 Å². The molecule has 1 heterocycles. The number of aliphatic carboxylic acids is 1. The molecule has 1 aliphatic rings. The van der Waals surface area contributed by atoms with E-state index < -0.39 is 18.1 Å². The highest BCUT2D eigenvalue weighted by molar-refractivity contribution is 5.81. The van der Waals surface area contributed by atoms with Gasteiger partial charge in [0.15, 0.2) is 0 Å². The summed E-state index contributed by atoms with van der Waals surface area (Å²) in [6.45, 7) is 2.22. The summed E-state index contributed by atoms with van der Waals surface area (Å²) in [5.74, 6) is -1.00. The van der Waals surface area contributed by atoms with Gasteiger partial charge in [-0.05, 0) is 18.1 Å². The Morgan fingerprint density at radius 3 is 2.67 bits per heavy atom. The number of carboxylic acid groups (broad SMARTS) is 1. The van der Waals surface area contributed by atoms with Crippen LogP contribution in [0.25, 0.3) is 0 Å². The first-order valence-corrected chi connectivity index (χ1v) is 5.86. The average molecular weight is 249 g/mol. The lowest BCUT2D eigenvalue weighted by molar-refractivity contribution is -0.143. The highest BCUT2D eigenvalue weighted by Gasteiger charge is 2.35. The fourth-order valence-corrected chi connectivity index (χ4v) is 2.14. The molecule has 1 aliphatic heterocycles. The standard InChI is InChI=1S/C13H15NO4/c1-2-18-13(17)14-8-10-6-4-3-5-9(10)7-11(14)12(15)16/h3-6,11H,2,7-8H2,1H3,(H,15,16)/t11-/m0/s1.